The van der Waals surface area contributed by atoms with Crippen LogP contribution >= 0.6 is 0 Å². The van der Waals surface area contributed by atoms with Crippen LogP contribution in [-0.2, 0) is 14.3 Å². The van der Waals surface area contributed by atoms with Gasteiger partial charge in [0.25, 0.3) is 0 Å². The van der Waals surface area contributed by atoms with Gasteiger partial charge in [-0.05, 0) is 45.4 Å². The van der Waals surface area contributed by atoms with E-state index in [2.05, 4.69) is 26.0 Å². The Morgan fingerprint density at radius 2 is 0.800 bits per heavy atom. The number of carboxylic acid groups (broad SMARTS) is 1. The summed E-state index contributed by atoms with van der Waals surface area (Å²) < 4.78 is 4.91. The monoisotopic (exact) mass is 567 g/mol. The van der Waals surface area contributed by atoms with Gasteiger partial charge in [-0.2, -0.15) is 0 Å². The molecule has 0 bridgehead atoms. The molecule has 0 aliphatic carbocycles. The number of carbonyl (C=O) groups excluding carboxylic acids is 1. The molecular formula is C36H70O4. The molecule has 0 atom stereocenters. The van der Waals surface area contributed by atoms with Gasteiger partial charge in [0, 0.05) is 12.8 Å². The van der Waals surface area contributed by atoms with Gasteiger partial charge in [0.05, 0.1) is 6.61 Å². The number of carbonyl (C=O) groups is 2. The van der Waals surface area contributed by atoms with Gasteiger partial charge in [-0.1, -0.05) is 154 Å². The topological polar surface area (TPSA) is 63.6 Å². The first kappa shape index (κ1) is 40.8. The predicted molar refractivity (Wildman–Crippen MR) is 174 cm³/mol. The van der Waals surface area contributed by atoms with Crippen molar-refractivity contribution in [3.05, 3.63) is 12.2 Å². The number of carboxylic acids is 1. The van der Waals surface area contributed by atoms with Crippen molar-refractivity contribution in [3.63, 3.8) is 0 Å². The lowest BCUT2D eigenvalue weighted by atomic mass is 10.0. The number of hydrogen-bond acceptors (Lipinski definition) is 3. The summed E-state index contributed by atoms with van der Waals surface area (Å²) in [6, 6.07) is 0. The maximum absolute atomic E-state index is 11.1. The Morgan fingerprint density at radius 1 is 0.475 bits per heavy atom. The summed E-state index contributed by atoms with van der Waals surface area (Å²) in [5.41, 5.74) is 0. The zero-order valence-electron chi connectivity index (χ0n) is 27.3. The normalized spacial score (nSPS) is 11.0. The lowest BCUT2D eigenvalue weighted by Crippen LogP contribution is -2.03. The molecule has 0 aromatic heterocycles. The predicted octanol–water partition coefficient (Wildman–Crippen LogP) is 12.1. The summed E-state index contributed by atoms with van der Waals surface area (Å²) in [5, 5.41) is 8.51. The molecular weight excluding hydrogens is 496 g/mol. The van der Waals surface area contributed by atoms with Crippen LogP contribution in [0.1, 0.15) is 201 Å². The van der Waals surface area contributed by atoms with Crippen LogP contribution in [0.5, 0.6) is 0 Å². The molecule has 0 aromatic carbocycles. The van der Waals surface area contributed by atoms with E-state index in [9.17, 15) is 9.59 Å². The molecule has 0 saturated carbocycles. The van der Waals surface area contributed by atoms with E-state index < -0.39 is 5.97 Å². The number of allylic oxidation sites excluding steroid dienone is 2. The highest BCUT2D eigenvalue weighted by Crippen LogP contribution is 2.13. The molecule has 40 heavy (non-hydrogen) atoms. The molecule has 0 aromatic rings. The molecule has 0 radical (unpaired) electrons. The van der Waals surface area contributed by atoms with E-state index in [1.165, 1.54) is 148 Å². The third kappa shape index (κ3) is 41.2. The van der Waals surface area contributed by atoms with Gasteiger partial charge in [-0.25, -0.2) is 0 Å². The SMILES string of the molecule is CCCCCCCC/C=C/CCCCCCCC(=O)O.CCCCCCCCCCCCCCCC(=O)OCC. The largest absolute Gasteiger partial charge is 0.481 e. The molecule has 0 aliphatic heterocycles. The van der Waals surface area contributed by atoms with Crippen molar-refractivity contribution in [3.8, 4) is 0 Å². The van der Waals surface area contributed by atoms with Crippen LogP contribution in [0.25, 0.3) is 0 Å². The Hall–Kier alpha value is -1.32. The Labute approximate surface area is 250 Å². The number of rotatable bonds is 30. The van der Waals surface area contributed by atoms with Crippen molar-refractivity contribution in [2.45, 2.75) is 201 Å². The van der Waals surface area contributed by atoms with Gasteiger partial charge >= 0.3 is 11.9 Å². The first-order valence-electron chi connectivity index (χ1n) is 17.6. The van der Waals surface area contributed by atoms with Crippen molar-refractivity contribution in [1.29, 1.82) is 0 Å². The molecule has 0 heterocycles. The Balaban J connectivity index is 0. The zero-order valence-corrected chi connectivity index (χ0v) is 27.3. The molecule has 238 valence electrons. The summed E-state index contributed by atoms with van der Waals surface area (Å²) in [6.45, 7) is 6.90. The molecule has 0 saturated heterocycles. The highest BCUT2D eigenvalue weighted by Gasteiger charge is 2.00. The van der Waals surface area contributed by atoms with Crippen molar-refractivity contribution >= 4 is 11.9 Å². The van der Waals surface area contributed by atoms with Crippen LogP contribution in [-0.4, -0.2) is 23.7 Å². The summed E-state index contributed by atoms with van der Waals surface area (Å²) in [4.78, 5) is 21.4. The summed E-state index contributed by atoms with van der Waals surface area (Å²) in [5.74, 6) is -0.696. The highest BCUT2D eigenvalue weighted by molar-refractivity contribution is 5.69. The van der Waals surface area contributed by atoms with Crippen molar-refractivity contribution in [1.82, 2.24) is 0 Å². The second-order valence-corrected chi connectivity index (χ2v) is 11.5. The van der Waals surface area contributed by atoms with Crippen molar-refractivity contribution in [2.75, 3.05) is 6.61 Å². The second kappa shape index (κ2) is 37.7. The van der Waals surface area contributed by atoms with Crippen LogP contribution in [0.15, 0.2) is 12.2 Å². The fraction of sp³-hybridized carbons (Fsp3) is 0.889. The van der Waals surface area contributed by atoms with Gasteiger partial charge in [0.2, 0.25) is 0 Å². The molecule has 0 amide bonds. The van der Waals surface area contributed by atoms with E-state index in [4.69, 9.17) is 9.84 Å². The summed E-state index contributed by atoms with van der Waals surface area (Å²) in [7, 11) is 0. The minimum atomic E-state index is -0.664. The van der Waals surface area contributed by atoms with Crippen molar-refractivity contribution in [2.24, 2.45) is 0 Å². The molecule has 0 unspecified atom stereocenters. The van der Waals surface area contributed by atoms with Crippen LogP contribution in [0.2, 0.25) is 0 Å². The van der Waals surface area contributed by atoms with Gasteiger partial charge < -0.3 is 9.84 Å². The minimum Gasteiger partial charge on any atom is -0.481 e. The molecule has 0 aliphatic rings. The molecule has 0 spiro atoms. The van der Waals surface area contributed by atoms with Crippen molar-refractivity contribution < 1.29 is 19.4 Å². The number of esters is 1. The standard InChI is InChI=1S/C18H36O2.C18H34O2/c1-3-5-6-7-8-9-10-11-12-13-14-15-16-17-18(19)20-4-2;1-2-3-4-5-6-7-8-9-10-11-12-13-14-15-16-17-18(19)20/h3-17H2,1-2H3;9-10H,2-8,11-17H2,1H3,(H,19,20)/b;10-9+. The van der Waals surface area contributed by atoms with Gasteiger partial charge in [0.15, 0.2) is 0 Å². The number of unbranched alkanes of at least 4 members (excludes halogenated alkanes) is 23. The lowest BCUT2D eigenvalue weighted by molar-refractivity contribution is -0.143. The number of hydrogen-bond donors (Lipinski definition) is 1. The Morgan fingerprint density at radius 3 is 1.15 bits per heavy atom. The van der Waals surface area contributed by atoms with E-state index in [1.54, 1.807) is 0 Å². The second-order valence-electron chi connectivity index (χ2n) is 11.5. The Kier molecular flexibility index (Phi) is 38.5. The smallest absolute Gasteiger partial charge is 0.305 e. The maximum Gasteiger partial charge on any atom is 0.305 e. The maximum atomic E-state index is 11.1. The fourth-order valence-corrected chi connectivity index (χ4v) is 4.87. The molecule has 0 fully saturated rings. The van der Waals surface area contributed by atoms with Crippen LogP contribution in [0.4, 0.5) is 0 Å². The van der Waals surface area contributed by atoms with E-state index in [1.807, 2.05) is 6.92 Å². The zero-order chi connectivity index (χ0) is 29.8. The average Bonchev–Trinajstić information content (AvgIpc) is 2.94. The van der Waals surface area contributed by atoms with E-state index in [-0.39, 0.29) is 5.97 Å². The summed E-state index contributed by atoms with van der Waals surface area (Å²) >= 11 is 0. The van der Waals surface area contributed by atoms with Gasteiger partial charge in [0.1, 0.15) is 0 Å². The molecule has 4 heteroatoms. The van der Waals surface area contributed by atoms with Crippen LogP contribution in [0.3, 0.4) is 0 Å². The minimum absolute atomic E-state index is 0.0319. The summed E-state index contributed by atoms with van der Waals surface area (Å²) in [6.07, 6.45) is 39.3. The molecule has 1 N–H and O–H groups in total. The number of ether oxygens (including phenoxy) is 1. The molecule has 0 rings (SSSR count). The van der Waals surface area contributed by atoms with E-state index in [0.717, 1.165) is 19.3 Å². The van der Waals surface area contributed by atoms with Crippen LogP contribution in [0, 0.1) is 0 Å². The number of aliphatic carboxylic acids is 1. The van der Waals surface area contributed by atoms with Crippen LogP contribution < -0.4 is 0 Å². The van der Waals surface area contributed by atoms with Gasteiger partial charge in [-0.3, -0.25) is 9.59 Å². The first-order valence-corrected chi connectivity index (χ1v) is 17.6. The molecule has 4 nitrogen and oxygen atoms in total. The third-order valence-corrected chi connectivity index (χ3v) is 7.44. The first-order chi connectivity index (χ1) is 19.6. The highest BCUT2D eigenvalue weighted by atomic mass is 16.5. The lowest BCUT2D eigenvalue weighted by Gasteiger charge is -2.03. The third-order valence-electron chi connectivity index (χ3n) is 7.44. The Bertz CT molecular complexity index is 529. The van der Waals surface area contributed by atoms with Gasteiger partial charge in [-0.15, -0.1) is 0 Å². The average molecular weight is 567 g/mol. The fourth-order valence-electron chi connectivity index (χ4n) is 4.87. The quantitative estimate of drug-likeness (QED) is 0.0533. The van der Waals surface area contributed by atoms with E-state index in [0.29, 0.717) is 19.4 Å². The van der Waals surface area contributed by atoms with E-state index >= 15 is 0 Å².